The van der Waals surface area contributed by atoms with Crippen LogP contribution < -0.4 is 5.56 Å². The molecule has 3 aromatic rings. The summed E-state index contributed by atoms with van der Waals surface area (Å²) in [6, 6.07) is 8.95. The number of cyclic esters (lactones) is 1. The summed E-state index contributed by atoms with van der Waals surface area (Å²) in [5.74, 6) is -0.771. The molecule has 1 N–H and O–H groups in total. The van der Waals surface area contributed by atoms with Crippen LogP contribution in [-0.4, -0.2) is 26.9 Å². The number of ether oxygens (including phenoxy) is 1. The van der Waals surface area contributed by atoms with Gasteiger partial charge < -0.3 is 9.84 Å². The van der Waals surface area contributed by atoms with Gasteiger partial charge in [-0.2, -0.15) is 0 Å². The molecular weight excluding hydrogens is 360 g/mol. The maximum Gasteiger partial charge on any atom is 0.346 e. The zero-order valence-electron chi connectivity index (χ0n) is 15.1. The summed E-state index contributed by atoms with van der Waals surface area (Å²) < 4.78 is 6.33. The van der Waals surface area contributed by atoms with E-state index < -0.39 is 11.6 Å². The summed E-state index contributed by atoms with van der Waals surface area (Å²) in [5, 5.41) is 11.6. The highest BCUT2D eigenvalue weighted by atomic mass is 16.6. The molecule has 1 aromatic carbocycles. The first-order chi connectivity index (χ1) is 13.5. The predicted molar refractivity (Wildman–Crippen MR) is 99.9 cm³/mol. The molecule has 1 aliphatic carbocycles. The molecule has 0 spiro atoms. The van der Waals surface area contributed by atoms with Gasteiger partial charge >= 0.3 is 5.97 Å². The quantitative estimate of drug-likeness (QED) is 0.424. The molecule has 140 valence electrons. The van der Waals surface area contributed by atoms with Crippen molar-refractivity contribution in [3.63, 3.8) is 0 Å². The highest BCUT2D eigenvalue weighted by Crippen LogP contribution is 2.40. The third kappa shape index (κ3) is 1.96. The molecule has 3 heterocycles. The topological polar surface area (TPSA) is 98.5 Å². The van der Waals surface area contributed by atoms with Crippen molar-refractivity contribution in [2.75, 3.05) is 0 Å². The minimum absolute atomic E-state index is 0.0711. The molecule has 2 aromatic heterocycles. The van der Waals surface area contributed by atoms with Gasteiger partial charge in [0.25, 0.3) is 5.56 Å². The maximum atomic E-state index is 13.1. The molecule has 0 amide bonds. The van der Waals surface area contributed by atoms with Gasteiger partial charge in [-0.3, -0.25) is 14.2 Å². The van der Waals surface area contributed by atoms with Gasteiger partial charge in [0.05, 0.1) is 16.9 Å². The Kier molecular flexibility index (Phi) is 3.36. The van der Waals surface area contributed by atoms with Gasteiger partial charge in [0.2, 0.25) is 5.60 Å². The summed E-state index contributed by atoms with van der Waals surface area (Å²) in [5.41, 5.74) is 1.42. The smallest absolute Gasteiger partial charge is 0.346 e. The first kappa shape index (κ1) is 16.8. The number of aromatic nitrogens is 2. The Hall–Kier alpha value is -3.32. The highest BCUT2D eigenvalue weighted by molar-refractivity contribution is 6.01. The lowest BCUT2D eigenvalue weighted by molar-refractivity contribution is -0.179. The van der Waals surface area contributed by atoms with E-state index in [1.54, 1.807) is 13.0 Å². The molecule has 28 heavy (non-hydrogen) atoms. The van der Waals surface area contributed by atoms with Crippen LogP contribution in [0.4, 0.5) is 0 Å². The van der Waals surface area contributed by atoms with E-state index in [2.05, 4.69) is 4.98 Å². The molecule has 2 aliphatic rings. The van der Waals surface area contributed by atoms with E-state index in [-0.39, 0.29) is 30.8 Å². The number of pyridine rings is 2. The van der Waals surface area contributed by atoms with Crippen molar-refractivity contribution in [1.82, 2.24) is 9.55 Å². The molecule has 7 heteroatoms. The van der Waals surface area contributed by atoms with E-state index in [4.69, 9.17) is 4.74 Å². The number of hydrogen-bond donors (Lipinski definition) is 1. The number of esters is 1. The Morgan fingerprint density at radius 3 is 2.82 bits per heavy atom. The molecular formula is C21H16N2O5. The molecule has 0 saturated heterocycles. The SMILES string of the molecule is CC[C@@]1(O)C(=O)OCn2c1cc1c(c2=O)Cc2c-1nc1ccccc1c2C=O. The Bertz CT molecular complexity index is 1260. The van der Waals surface area contributed by atoms with E-state index in [0.717, 1.165) is 11.7 Å². The van der Waals surface area contributed by atoms with Gasteiger partial charge in [-0.25, -0.2) is 9.78 Å². The number of carbonyl (C=O) groups is 2. The normalized spacial score (nSPS) is 19.7. The lowest BCUT2D eigenvalue weighted by Crippen LogP contribution is -2.47. The van der Waals surface area contributed by atoms with Crippen LogP contribution >= 0.6 is 0 Å². The van der Waals surface area contributed by atoms with Crippen LogP contribution in [-0.2, 0) is 28.3 Å². The van der Waals surface area contributed by atoms with Crippen LogP contribution in [0.1, 0.15) is 40.5 Å². The predicted octanol–water partition coefficient (Wildman–Crippen LogP) is 1.89. The van der Waals surface area contributed by atoms with Crippen LogP contribution in [0.25, 0.3) is 22.2 Å². The maximum absolute atomic E-state index is 13.1. The van der Waals surface area contributed by atoms with Crippen molar-refractivity contribution in [3.8, 4) is 11.3 Å². The van der Waals surface area contributed by atoms with Crippen LogP contribution in [0, 0.1) is 0 Å². The van der Waals surface area contributed by atoms with Crippen LogP contribution in [0.2, 0.25) is 0 Å². The Labute approximate surface area is 159 Å². The average molecular weight is 376 g/mol. The number of nitrogens with zero attached hydrogens (tertiary/aromatic N) is 2. The van der Waals surface area contributed by atoms with E-state index in [1.807, 2.05) is 24.3 Å². The lowest BCUT2D eigenvalue weighted by atomic mass is 9.92. The van der Waals surface area contributed by atoms with Crippen molar-refractivity contribution in [2.45, 2.75) is 32.1 Å². The number of para-hydroxylation sites is 1. The minimum Gasteiger partial charge on any atom is -0.441 e. The van der Waals surface area contributed by atoms with Gasteiger partial charge in [-0.1, -0.05) is 25.1 Å². The standard InChI is InChI=1S/C21H16N2O5/c1-2-21(27)17-8-13-14(19(25)23(17)10-28-20(21)26)7-12-15(9-24)11-5-3-4-6-16(11)22-18(12)13/h3-6,8-9,27H,2,7,10H2,1H3/t21-/m0/s1. The van der Waals surface area contributed by atoms with Gasteiger partial charge in [0.1, 0.15) is 0 Å². The number of carbonyl (C=O) groups excluding carboxylic acids is 2. The molecule has 1 atom stereocenters. The first-order valence-electron chi connectivity index (χ1n) is 9.03. The number of benzene rings is 1. The Morgan fingerprint density at radius 2 is 2.07 bits per heavy atom. The third-order valence-electron chi connectivity index (χ3n) is 5.76. The fourth-order valence-corrected chi connectivity index (χ4v) is 4.20. The number of hydrogen-bond acceptors (Lipinski definition) is 6. The molecule has 1 aliphatic heterocycles. The highest BCUT2D eigenvalue weighted by Gasteiger charge is 2.45. The third-order valence-corrected chi connectivity index (χ3v) is 5.76. The van der Waals surface area contributed by atoms with Gasteiger partial charge in [0, 0.05) is 28.5 Å². The van der Waals surface area contributed by atoms with E-state index in [1.165, 1.54) is 4.57 Å². The summed E-state index contributed by atoms with van der Waals surface area (Å²) in [4.78, 5) is 41.8. The second kappa shape index (κ2) is 5.59. The number of aliphatic hydroxyl groups is 1. The summed E-state index contributed by atoms with van der Waals surface area (Å²) in [7, 11) is 0. The molecule has 0 fully saturated rings. The molecule has 5 rings (SSSR count). The van der Waals surface area contributed by atoms with Crippen LogP contribution in [0.15, 0.2) is 35.1 Å². The lowest BCUT2D eigenvalue weighted by Gasteiger charge is -2.32. The number of rotatable bonds is 2. The van der Waals surface area contributed by atoms with Crippen LogP contribution in [0.5, 0.6) is 0 Å². The second-order valence-electron chi connectivity index (χ2n) is 7.09. The fourth-order valence-electron chi connectivity index (χ4n) is 4.20. The zero-order chi connectivity index (χ0) is 19.6. The fraction of sp³-hybridized carbons (Fsp3) is 0.238. The monoisotopic (exact) mass is 376 g/mol. The van der Waals surface area contributed by atoms with Crippen molar-refractivity contribution < 1.29 is 19.4 Å². The van der Waals surface area contributed by atoms with E-state index in [0.29, 0.717) is 33.5 Å². The van der Waals surface area contributed by atoms with Gasteiger partial charge in [0.15, 0.2) is 13.0 Å². The van der Waals surface area contributed by atoms with Crippen molar-refractivity contribution >= 4 is 23.2 Å². The van der Waals surface area contributed by atoms with E-state index in [9.17, 15) is 19.5 Å². The largest absolute Gasteiger partial charge is 0.441 e. The number of fused-ring (bicyclic) bond motifs is 5. The Morgan fingerprint density at radius 1 is 1.29 bits per heavy atom. The van der Waals surface area contributed by atoms with Crippen molar-refractivity contribution in [3.05, 3.63) is 63.1 Å². The summed E-state index contributed by atoms with van der Waals surface area (Å²) >= 11 is 0. The molecule has 0 saturated carbocycles. The number of aldehydes is 1. The van der Waals surface area contributed by atoms with Crippen LogP contribution in [0.3, 0.4) is 0 Å². The van der Waals surface area contributed by atoms with Gasteiger partial charge in [-0.05, 0) is 24.1 Å². The first-order valence-corrected chi connectivity index (χ1v) is 9.03. The van der Waals surface area contributed by atoms with Gasteiger partial charge in [-0.15, -0.1) is 0 Å². The molecule has 0 radical (unpaired) electrons. The van der Waals surface area contributed by atoms with E-state index >= 15 is 0 Å². The molecule has 7 nitrogen and oxygen atoms in total. The molecule has 0 bridgehead atoms. The summed E-state index contributed by atoms with van der Waals surface area (Å²) in [6.07, 6.45) is 1.14. The second-order valence-corrected chi connectivity index (χ2v) is 7.09. The zero-order valence-corrected chi connectivity index (χ0v) is 15.1. The minimum atomic E-state index is -1.89. The van der Waals surface area contributed by atoms with Crippen molar-refractivity contribution in [1.29, 1.82) is 0 Å². The van der Waals surface area contributed by atoms with Crippen molar-refractivity contribution in [2.24, 2.45) is 0 Å². The average Bonchev–Trinajstić information content (AvgIpc) is 3.08. The Balaban J connectivity index is 1.86. The summed E-state index contributed by atoms with van der Waals surface area (Å²) in [6.45, 7) is 1.41. The molecule has 0 unspecified atom stereocenters.